The van der Waals surface area contributed by atoms with Crippen molar-refractivity contribution in [2.24, 2.45) is 7.05 Å². The molecule has 0 radical (unpaired) electrons. The smallest absolute Gasteiger partial charge is 0.0842 e. The van der Waals surface area contributed by atoms with Gasteiger partial charge in [-0.1, -0.05) is 0 Å². The summed E-state index contributed by atoms with van der Waals surface area (Å²) in [7, 11) is 1.97. The standard InChI is InChI=1S/C15H24BrN5/c1-10-14(16)13(20(6)19-10)9-21-11(2)12(8-18-21)7-17-15(3,4)5/h8,17H,7,9H2,1-6H3. The zero-order valence-electron chi connectivity index (χ0n) is 13.7. The van der Waals surface area contributed by atoms with E-state index < -0.39 is 0 Å². The van der Waals surface area contributed by atoms with Crippen LogP contribution in [0.3, 0.4) is 0 Å². The third-order valence-electron chi connectivity index (χ3n) is 3.58. The summed E-state index contributed by atoms with van der Waals surface area (Å²) in [5, 5.41) is 12.4. The average molecular weight is 354 g/mol. The molecule has 0 spiro atoms. The molecule has 2 heterocycles. The van der Waals surface area contributed by atoms with E-state index in [4.69, 9.17) is 0 Å². The Hall–Kier alpha value is -1.14. The van der Waals surface area contributed by atoms with Gasteiger partial charge in [-0.3, -0.25) is 9.36 Å². The Morgan fingerprint density at radius 2 is 1.95 bits per heavy atom. The van der Waals surface area contributed by atoms with Crippen molar-refractivity contribution in [2.45, 2.75) is 53.2 Å². The minimum Gasteiger partial charge on any atom is -0.308 e. The van der Waals surface area contributed by atoms with E-state index in [-0.39, 0.29) is 5.54 Å². The molecule has 1 N–H and O–H groups in total. The van der Waals surface area contributed by atoms with Gasteiger partial charge in [0.25, 0.3) is 0 Å². The number of aryl methyl sites for hydroxylation is 2. The predicted octanol–water partition coefficient (Wildman–Crippen LogP) is 2.93. The summed E-state index contributed by atoms with van der Waals surface area (Å²) in [6.45, 7) is 12.2. The monoisotopic (exact) mass is 353 g/mol. The lowest BCUT2D eigenvalue weighted by Crippen LogP contribution is -2.35. The molecule has 0 aliphatic rings. The SMILES string of the molecule is Cc1nn(C)c(Cn2ncc(CNC(C)(C)C)c2C)c1Br. The fraction of sp³-hybridized carbons (Fsp3) is 0.600. The highest BCUT2D eigenvalue weighted by molar-refractivity contribution is 9.10. The summed E-state index contributed by atoms with van der Waals surface area (Å²) in [6.07, 6.45) is 1.95. The first-order valence-corrected chi connectivity index (χ1v) is 7.92. The zero-order valence-corrected chi connectivity index (χ0v) is 15.2. The number of nitrogens with zero attached hydrogens (tertiary/aromatic N) is 4. The minimum atomic E-state index is 0.108. The van der Waals surface area contributed by atoms with Gasteiger partial charge in [-0.25, -0.2) is 0 Å². The Bertz CT molecular complexity index is 633. The molecule has 2 aromatic rings. The lowest BCUT2D eigenvalue weighted by Gasteiger charge is -2.20. The summed E-state index contributed by atoms with van der Waals surface area (Å²) in [5.74, 6) is 0. The van der Waals surface area contributed by atoms with Crippen molar-refractivity contribution >= 4 is 15.9 Å². The van der Waals surface area contributed by atoms with E-state index in [1.807, 2.05) is 29.5 Å². The van der Waals surface area contributed by atoms with Crippen molar-refractivity contribution in [3.05, 3.63) is 33.3 Å². The number of hydrogen-bond acceptors (Lipinski definition) is 3. The maximum atomic E-state index is 4.52. The van der Waals surface area contributed by atoms with E-state index in [1.54, 1.807) is 0 Å². The van der Waals surface area contributed by atoms with Crippen molar-refractivity contribution in [1.82, 2.24) is 24.9 Å². The Labute approximate surface area is 134 Å². The van der Waals surface area contributed by atoms with Gasteiger partial charge >= 0.3 is 0 Å². The Balaban J connectivity index is 2.17. The molecule has 116 valence electrons. The molecule has 0 amide bonds. The van der Waals surface area contributed by atoms with Crippen LogP contribution in [0, 0.1) is 13.8 Å². The van der Waals surface area contributed by atoms with Crippen molar-refractivity contribution in [3.8, 4) is 0 Å². The molecular formula is C15H24BrN5. The molecule has 2 aromatic heterocycles. The molecule has 0 fully saturated rings. The van der Waals surface area contributed by atoms with E-state index in [0.717, 1.165) is 29.0 Å². The summed E-state index contributed by atoms with van der Waals surface area (Å²) in [6, 6.07) is 0. The molecule has 0 saturated carbocycles. The first-order valence-electron chi connectivity index (χ1n) is 7.13. The summed E-state index contributed by atoms with van der Waals surface area (Å²) in [5.41, 5.74) is 4.68. The van der Waals surface area contributed by atoms with Crippen LogP contribution in [-0.4, -0.2) is 25.1 Å². The van der Waals surface area contributed by atoms with E-state index in [1.165, 1.54) is 11.3 Å². The Kier molecular flexibility index (Phi) is 4.58. The summed E-state index contributed by atoms with van der Waals surface area (Å²) < 4.78 is 5.00. The fourth-order valence-corrected chi connectivity index (χ4v) is 2.63. The molecule has 0 aromatic carbocycles. The van der Waals surface area contributed by atoms with Gasteiger partial charge in [0.15, 0.2) is 0 Å². The Morgan fingerprint density at radius 3 is 2.48 bits per heavy atom. The maximum absolute atomic E-state index is 4.52. The second-order valence-electron chi connectivity index (χ2n) is 6.49. The molecule has 21 heavy (non-hydrogen) atoms. The number of halogens is 1. The second kappa shape index (κ2) is 5.93. The number of hydrogen-bond donors (Lipinski definition) is 1. The van der Waals surface area contributed by atoms with Gasteiger partial charge in [0.05, 0.1) is 28.6 Å². The topological polar surface area (TPSA) is 47.7 Å². The quantitative estimate of drug-likeness (QED) is 0.918. The van der Waals surface area contributed by atoms with Crippen LogP contribution in [0.25, 0.3) is 0 Å². The van der Waals surface area contributed by atoms with E-state index >= 15 is 0 Å². The minimum absolute atomic E-state index is 0.108. The summed E-state index contributed by atoms with van der Waals surface area (Å²) >= 11 is 3.61. The predicted molar refractivity (Wildman–Crippen MR) is 88.3 cm³/mol. The highest BCUT2D eigenvalue weighted by atomic mass is 79.9. The van der Waals surface area contributed by atoms with Crippen molar-refractivity contribution in [3.63, 3.8) is 0 Å². The van der Waals surface area contributed by atoms with Gasteiger partial charge in [-0.2, -0.15) is 10.2 Å². The molecule has 0 unspecified atom stereocenters. The van der Waals surface area contributed by atoms with Crippen LogP contribution in [0.4, 0.5) is 0 Å². The number of nitrogens with one attached hydrogen (secondary N) is 1. The molecule has 0 bridgehead atoms. The van der Waals surface area contributed by atoms with Gasteiger partial charge < -0.3 is 5.32 Å². The lowest BCUT2D eigenvalue weighted by molar-refractivity contribution is 0.423. The second-order valence-corrected chi connectivity index (χ2v) is 7.28. The van der Waals surface area contributed by atoms with Crippen molar-refractivity contribution in [1.29, 1.82) is 0 Å². The summed E-state index contributed by atoms with van der Waals surface area (Å²) in [4.78, 5) is 0. The molecular weight excluding hydrogens is 330 g/mol. The van der Waals surface area contributed by atoms with Crippen LogP contribution < -0.4 is 5.32 Å². The largest absolute Gasteiger partial charge is 0.308 e. The first-order chi connectivity index (χ1) is 9.69. The van der Waals surface area contributed by atoms with Gasteiger partial charge in [0.1, 0.15) is 0 Å². The molecule has 0 aliphatic heterocycles. The highest BCUT2D eigenvalue weighted by Crippen LogP contribution is 2.22. The van der Waals surface area contributed by atoms with Crippen LogP contribution in [0.2, 0.25) is 0 Å². The van der Waals surface area contributed by atoms with Gasteiger partial charge in [0, 0.05) is 30.4 Å². The first kappa shape index (κ1) is 16.2. The molecule has 0 aliphatic carbocycles. The lowest BCUT2D eigenvalue weighted by atomic mass is 10.1. The van der Waals surface area contributed by atoms with Crippen LogP contribution in [0.1, 0.15) is 43.4 Å². The van der Waals surface area contributed by atoms with Crippen LogP contribution in [0.5, 0.6) is 0 Å². The molecule has 5 nitrogen and oxygen atoms in total. The van der Waals surface area contributed by atoms with E-state index in [2.05, 4.69) is 59.1 Å². The molecule has 0 atom stereocenters. The van der Waals surface area contributed by atoms with Crippen LogP contribution in [-0.2, 0) is 20.1 Å². The Morgan fingerprint density at radius 1 is 1.29 bits per heavy atom. The number of aromatic nitrogens is 4. The van der Waals surface area contributed by atoms with Crippen molar-refractivity contribution in [2.75, 3.05) is 0 Å². The van der Waals surface area contributed by atoms with Gasteiger partial charge in [-0.15, -0.1) is 0 Å². The molecule has 6 heteroatoms. The normalized spacial score (nSPS) is 12.1. The number of rotatable bonds is 4. The molecule has 2 rings (SSSR count). The van der Waals surface area contributed by atoms with Gasteiger partial charge in [-0.05, 0) is 50.5 Å². The highest BCUT2D eigenvalue weighted by Gasteiger charge is 2.15. The third-order valence-corrected chi connectivity index (χ3v) is 4.61. The zero-order chi connectivity index (χ0) is 15.8. The average Bonchev–Trinajstić information content (AvgIpc) is 2.83. The van der Waals surface area contributed by atoms with Gasteiger partial charge in [0.2, 0.25) is 0 Å². The van der Waals surface area contributed by atoms with E-state index in [9.17, 15) is 0 Å². The fourth-order valence-electron chi connectivity index (χ4n) is 2.17. The van der Waals surface area contributed by atoms with Crippen LogP contribution >= 0.6 is 15.9 Å². The third kappa shape index (κ3) is 3.74. The van der Waals surface area contributed by atoms with Crippen LogP contribution in [0.15, 0.2) is 10.7 Å². The van der Waals surface area contributed by atoms with Crippen molar-refractivity contribution < 1.29 is 0 Å². The maximum Gasteiger partial charge on any atom is 0.0842 e. The molecule has 0 saturated heterocycles. The van der Waals surface area contributed by atoms with E-state index in [0.29, 0.717) is 0 Å².